The number of carbonyl (C=O) groups is 3. The van der Waals surface area contributed by atoms with E-state index in [1.54, 1.807) is 48.0 Å². The van der Waals surface area contributed by atoms with Gasteiger partial charge in [0.1, 0.15) is 11.8 Å². The summed E-state index contributed by atoms with van der Waals surface area (Å²) in [7, 11) is 1.58. The molecule has 214 valence electrons. The number of benzene rings is 2. The Labute approximate surface area is 247 Å². The molecule has 0 radical (unpaired) electrons. The number of methoxy groups -OCH3 is 1. The van der Waals surface area contributed by atoms with E-state index in [4.69, 9.17) is 4.74 Å². The van der Waals surface area contributed by atoms with Crippen molar-refractivity contribution in [3.63, 3.8) is 0 Å². The van der Waals surface area contributed by atoms with E-state index in [0.29, 0.717) is 30.8 Å². The highest BCUT2D eigenvalue weighted by Gasteiger charge is 2.76. The van der Waals surface area contributed by atoms with E-state index < -0.39 is 28.7 Å². The Balaban J connectivity index is 1.48. The summed E-state index contributed by atoms with van der Waals surface area (Å²) >= 11 is 5.39. The molecule has 7 atom stereocenters. The van der Waals surface area contributed by atoms with Gasteiger partial charge in [0.05, 0.1) is 36.3 Å². The number of aliphatic hydroxyl groups is 1. The van der Waals surface area contributed by atoms with Gasteiger partial charge < -0.3 is 25.4 Å². The van der Waals surface area contributed by atoms with E-state index in [0.717, 1.165) is 5.56 Å². The van der Waals surface area contributed by atoms with Gasteiger partial charge in [-0.1, -0.05) is 60.1 Å². The molecule has 2 aromatic rings. The molecular weight excluding hydrogens is 594 g/mol. The van der Waals surface area contributed by atoms with Crippen LogP contribution in [0.5, 0.6) is 5.75 Å². The number of nitrogens with zero attached hydrogens (tertiary/aromatic N) is 1. The van der Waals surface area contributed by atoms with Crippen LogP contribution < -0.4 is 15.4 Å². The Morgan fingerprint density at radius 2 is 1.85 bits per heavy atom. The molecule has 3 N–H and O–H groups in total. The highest BCUT2D eigenvalue weighted by Crippen LogP contribution is 2.68. The second-order valence-electron chi connectivity index (χ2n) is 11.3. The van der Waals surface area contributed by atoms with Gasteiger partial charge in [0, 0.05) is 22.3 Å². The summed E-state index contributed by atoms with van der Waals surface area (Å²) < 4.78 is 4.45. The topological polar surface area (TPSA) is 108 Å². The zero-order valence-electron chi connectivity index (χ0n) is 22.9. The Bertz CT molecular complexity index is 1250. The van der Waals surface area contributed by atoms with Gasteiger partial charge in [-0.25, -0.2) is 0 Å². The number of thioether (sulfide) groups is 1. The van der Waals surface area contributed by atoms with Crippen LogP contribution in [0.25, 0.3) is 0 Å². The number of fused-ring (bicyclic) bond motifs is 1. The molecule has 0 saturated carbocycles. The lowest BCUT2D eigenvalue weighted by molar-refractivity contribution is -0.142. The van der Waals surface area contributed by atoms with Crippen molar-refractivity contribution in [1.29, 1.82) is 0 Å². The fourth-order valence-electron chi connectivity index (χ4n) is 6.67. The standard InChI is InChI=1S/C30H36BrN3O5S/c1-17(2)13-20(16-35)34-26(28(37)33-19-9-11-21(39-3)12-10-19)30-14-22(31)25(40-30)23(24(30)29(34)38)27(36)32-15-18-7-5-4-6-8-18/h4-12,17,20,22-26,35H,13-16H2,1-3H3,(H,32,36)(H,33,37)/t20-,22?,23-,24+,25-,26?,30?/m1/s1. The quantitative estimate of drug-likeness (QED) is 0.345. The number of halogens is 1. The molecule has 10 heteroatoms. The number of likely N-dealkylation sites (tertiary alicyclic amines) is 1. The minimum atomic E-state index is -0.829. The number of hydrogen-bond donors (Lipinski definition) is 3. The molecule has 3 saturated heterocycles. The summed E-state index contributed by atoms with van der Waals surface area (Å²) in [5, 5.41) is 16.4. The van der Waals surface area contributed by atoms with Gasteiger partial charge in [0.2, 0.25) is 17.7 Å². The van der Waals surface area contributed by atoms with Gasteiger partial charge in [-0.3, -0.25) is 14.4 Å². The molecule has 3 aliphatic rings. The van der Waals surface area contributed by atoms with E-state index in [-0.39, 0.29) is 40.3 Å². The lowest BCUT2D eigenvalue weighted by atomic mass is 9.70. The molecule has 8 nitrogen and oxygen atoms in total. The van der Waals surface area contributed by atoms with Crippen LogP contribution in [0.3, 0.4) is 0 Å². The first kappa shape index (κ1) is 29.0. The fraction of sp³-hybridized carbons (Fsp3) is 0.500. The van der Waals surface area contributed by atoms with Gasteiger partial charge in [-0.2, -0.15) is 0 Å². The summed E-state index contributed by atoms with van der Waals surface area (Å²) in [5.74, 6) is -1.07. The van der Waals surface area contributed by atoms with E-state index in [9.17, 15) is 19.5 Å². The van der Waals surface area contributed by atoms with Crippen molar-refractivity contribution >= 4 is 51.1 Å². The second-order valence-corrected chi connectivity index (χ2v) is 14.0. The predicted molar refractivity (Wildman–Crippen MR) is 159 cm³/mol. The maximum atomic E-state index is 14.3. The van der Waals surface area contributed by atoms with Crippen molar-refractivity contribution in [3.8, 4) is 5.75 Å². The highest BCUT2D eigenvalue weighted by atomic mass is 79.9. The molecule has 3 heterocycles. The summed E-state index contributed by atoms with van der Waals surface area (Å²) in [6, 6.07) is 15.4. The lowest BCUT2D eigenvalue weighted by Crippen LogP contribution is -2.55. The number of rotatable bonds is 10. The molecule has 3 fully saturated rings. The first-order chi connectivity index (χ1) is 19.2. The Kier molecular flexibility index (Phi) is 8.50. The lowest BCUT2D eigenvalue weighted by Gasteiger charge is -2.37. The molecule has 2 bridgehead atoms. The summed E-state index contributed by atoms with van der Waals surface area (Å²) in [6.07, 6.45) is 1.13. The van der Waals surface area contributed by atoms with Gasteiger partial charge in [-0.05, 0) is 48.6 Å². The third-order valence-corrected chi connectivity index (χ3v) is 11.5. The molecule has 1 spiro atoms. The van der Waals surface area contributed by atoms with Crippen LogP contribution in [0, 0.1) is 17.8 Å². The van der Waals surface area contributed by atoms with Crippen molar-refractivity contribution in [3.05, 3.63) is 60.2 Å². The van der Waals surface area contributed by atoms with Crippen molar-refractivity contribution in [1.82, 2.24) is 10.2 Å². The molecular formula is C30H36BrN3O5S. The fourth-order valence-corrected chi connectivity index (χ4v) is 10.3. The van der Waals surface area contributed by atoms with Crippen molar-refractivity contribution in [2.45, 2.75) is 60.1 Å². The number of amides is 3. The van der Waals surface area contributed by atoms with Crippen LogP contribution in [0.4, 0.5) is 5.69 Å². The normalized spacial score (nSPS) is 29.4. The molecule has 3 amide bonds. The Hall–Kier alpha value is -2.56. The molecule has 2 aromatic carbocycles. The maximum Gasteiger partial charge on any atom is 0.248 e. The van der Waals surface area contributed by atoms with E-state index in [2.05, 4.69) is 26.6 Å². The number of alkyl halides is 1. The predicted octanol–water partition coefficient (Wildman–Crippen LogP) is 3.82. The molecule has 40 heavy (non-hydrogen) atoms. The third-order valence-electron chi connectivity index (χ3n) is 8.29. The summed E-state index contributed by atoms with van der Waals surface area (Å²) in [6.45, 7) is 4.18. The first-order valence-electron chi connectivity index (χ1n) is 13.7. The summed E-state index contributed by atoms with van der Waals surface area (Å²) in [5.41, 5.74) is 1.57. The third kappa shape index (κ3) is 5.14. The van der Waals surface area contributed by atoms with Crippen LogP contribution in [-0.4, -0.2) is 68.4 Å². The van der Waals surface area contributed by atoms with Crippen LogP contribution in [0.2, 0.25) is 0 Å². The second kappa shape index (κ2) is 11.7. The number of ether oxygens (including phenoxy) is 1. The van der Waals surface area contributed by atoms with Crippen molar-refractivity contribution in [2.24, 2.45) is 17.8 Å². The highest BCUT2D eigenvalue weighted by molar-refractivity contribution is 9.09. The van der Waals surface area contributed by atoms with Crippen LogP contribution in [-0.2, 0) is 20.9 Å². The Morgan fingerprint density at radius 1 is 1.15 bits per heavy atom. The van der Waals surface area contributed by atoms with Crippen molar-refractivity contribution < 1.29 is 24.2 Å². The molecule has 3 aliphatic heterocycles. The van der Waals surface area contributed by atoms with Gasteiger partial charge in [0.25, 0.3) is 0 Å². The Morgan fingerprint density at radius 3 is 2.48 bits per heavy atom. The average Bonchev–Trinajstić information content (AvgIpc) is 3.54. The number of nitrogens with one attached hydrogen (secondary N) is 2. The first-order valence-corrected chi connectivity index (χ1v) is 15.5. The van der Waals surface area contributed by atoms with Crippen LogP contribution >= 0.6 is 27.7 Å². The largest absolute Gasteiger partial charge is 0.497 e. The smallest absolute Gasteiger partial charge is 0.248 e. The number of hydrogen-bond acceptors (Lipinski definition) is 6. The van der Waals surface area contributed by atoms with Gasteiger partial charge in [0.15, 0.2) is 0 Å². The molecule has 5 rings (SSSR count). The minimum Gasteiger partial charge on any atom is -0.497 e. The zero-order chi connectivity index (χ0) is 28.6. The maximum absolute atomic E-state index is 14.3. The average molecular weight is 631 g/mol. The number of carbonyl (C=O) groups excluding carboxylic acids is 3. The summed E-state index contributed by atoms with van der Waals surface area (Å²) in [4.78, 5) is 43.7. The number of aliphatic hydroxyl groups excluding tert-OH is 1. The van der Waals surface area contributed by atoms with Crippen LogP contribution in [0.15, 0.2) is 54.6 Å². The molecule has 0 aromatic heterocycles. The van der Waals surface area contributed by atoms with Crippen molar-refractivity contribution in [2.75, 3.05) is 19.0 Å². The van der Waals surface area contributed by atoms with E-state index in [1.165, 1.54) is 0 Å². The van der Waals surface area contributed by atoms with Gasteiger partial charge >= 0.3 is 0 Å². The zero-order valence-corrected chi connectivity index (χ0v) is 25.3. The molecule has 0 aliphatic carbocycles. The van der Waals surface area contributed by atoms with Crippen LogP contribution in [0.1, 0.15) is 32.3 Å². The minimum absolute atomic E-state index is 0.0251. The molecule has 3 unspecified atom stereocenters. The van der Waals surface area contributed by atoms with E-state index in [1.807, 2.05) is 44.2 Å². The number of anilines is 1. The monoisotopic (exact) mass is 629 g/mol. The SMILES string of the molecule is COc1ccc(NC(=O)C2N([C@@H](CO)CC(C)C)C(=O)[C@@H]3[C@@H](C(=O)NCc4ccccc4)[C@@H]4SC23CC4Br)cc1. The van der Waals surface area contributed by atoms with E-state index >= 15 is 0 Å². The van der Waals surface area contributed by atoms with Gasteiger partial charge in [-0.15, -0.1) is 11.8 Å².